The van der Waals surface area contributed by atoms with Gasteiger partial charge in [-0.2, -0.15) is 0 Å². The highest BCUT2D eigenvalue weighted by Crippen LogP contribution is 2.13. The Hall–Kier alpha value is -0.570. The van der Waals surface area contributed by atoms with E-state index in [1.807, 2.05) is 0 Å². The molecule has 0 atom stereocenters. The second-order valence-electron chi connectivity index (χ2n) is 1.53. The van der Waals surface area contributed by atoms with Gasteiger partial charge in [0.15, 0.2) is 16.3 Å². The molecule has 0 saturated heterocycles. The van der Waals surface area contributed by atoms with Crippen LogP contribution in [0.4, 0.5) is 4.39 Å². The topological polar surface area (TPSA) is 9.23 Å². The Morgan fingerprint density at radius 2 is 2.22 bits per heavy atom. The van der Waals surface area contributed by atoms with Gasteiger partial charge in [0, 0.05) is 6.07 Å². The lowest BCUT2D eigenvalue weighted by atomic mass is 10.3. The maximum Gasteiger partial charge on any atom is 0.179 e. The third-order valence-corrected chi connectivity index (χ3v) is 1.26. The van der Waals surface area contributed by atoms with Crippen LogP contribution in [-0.2, 0) is 0 Å². The van der Waals surface area contributed by atoms with E-state index in [0.717, 1.165) is 0 Å². The van der Waals surface area contributed by atoms with Crippen LogP contribution in [0.3, 0.4) is 0 Å². The van der Waals surface area contributed by atoms with Crippen molar-refractivity contribution in [2.75, 3.05) is 0 Å². The fourth-order valence-corrected chi connectivity index (χ4v) is 0.716. The molecule has 48 valence electrons. The Morgan fingerprint density at radius 3 is 2.67 bits per heavy atom. The molecule has 3 heteroatoms. The molecule has 0 radical (unpaired) electrons. The Balaban J connectivity index is 2.94. The lowest BCUT2D eigenvalue weighted by molar-refractivity contribution is 0.609. The van der Waals surface area contributed by atoms with Crippen molar-refractivity contribution < 1.29 is 8.22 Å². The van der Waals surface area contributed by atoms with E-state index in [0.29, 0.717) is 5.75 Å². The maximum atomic E-state index is 12.3. The molecule has 1 aromatic carbocycles. The molecule has 0 aliphatic rings. The average molecular weight is 191 g/mol. The van der Waals surface area contributed by atoms with Crippen molar-refractivity contribution >= 4 is 16.3 Å². The Kier molecular flexibility index (Phi) is 2.05. The van der Waals surface area contributed by atoms with Crippen LogP contribution < -0.4 is 3.83 Å². The summed E-state index contributed by atoms with van der Waals surface area (Å²) in [6.45, 7) is 0. The fourth-order valence-electron chi connectivity index (χ4n) is 0.515. The molecular weight excluding hydrogens is 187 g/mol. The van der Waals surface area contributed by atoms with Crippen molar-refractivity contribution in [3.63, 3.8) is 0 Å². The highest BCUT2D eigenvalue weighted by Gasteiger charge is 1.91. The zero-order valence-corrected chi connectivity index (χ0v) is 6.06. The van der Waals surface area contributed by atoms with Crippen LogP contribution in [0.15, 0.2) is 24.3 Å². The van der Waals surface area contributed by atoms with Crippen LogP contribution in [0.2, 0.25) is 0 Å². The molecular formula is C6H4BrFO. The first-order chi connectivity index (χ1) is 4.33. The van der Waals surface area contributed by atoms with Crippen molar-refractivity contribution in [2.24, 2.45) is 0 Å². The summed E-state index contributed by atoms with van der Waals surface area (Å²) < 4.78 is 16.8. The minimum absolute atomic E-state index is 0.299. The molecule has 0 fully saturated rings. The van der Waals surface area contributed by atoms with E-state index >= 15 is 0 Å². The highest BCUT2D eigenvalue weighted by atomic mass is 79.9. The van der Waals surface area contributed by atoms with Gasteiger partial charge in [-0.3, -0.25) is 0 Å². The van der Waals surface area contributed by atoms with E-state index in [9.17, 15) is 4.39 Å². The summed E-state index contributed by atoms with van der Waals surface area (Å²) >= 11 is 2.72. The monoisotopic (exact) mass is 190 g/mol. The Morgan fingerprint density at radius 1 is 1.44 bits per heavy atom. The van der Waals surface area contributed by atoms with Gasteiger partial charge in [-0.25, -0.2) is 4.39 Å². The van der Waals surface area contributed by atoms with Gasteiger partial charge in [0.05, 0.1) is 0 Å². The Labute approximate surface area is 60.9 Å². The molecule has 0 unspecified atom stereocenters. The van der Waals surface area contributed by atoms with Crippen LogP contribution in [-0.4, -0.2) is 0 Å². The summed E-state index contributed by atoms with van der Waals surface area (Å²) in [6.07, 6.45) is 0. The second-order valence-corrected chi connectivity index (χ2v) is 1.86. The number of rotatable bonds is 1. The van der Waals surface area contributed by atoms with Gasteiger partial charge in [0.25, 0.3) is 0 Å². The number of hydrogen-bond donors (Lipinski definition) is 0. The van der Waals surface area contributed by atoms with E-state index in [2.05, 4.69) is 20.1 Å². The van der Waals surface area contributed by atoms with Gasteiger partial charge in [-0.15, -0.1) is 0 Å². The minimum atomic E-state index is -0.299. The molecule has 0 aliphatic carbocycles. The summed E-state index contributed by atoms with van der Waals surface area (Å²) in [7, 11) is 0. The van der Waals surface area contributed by atoms with Crippen molar-refractivity contribution in [1.29, 1.82) is 0 Å². The molecule has 0 aromatic heterocycles. The largest absolute Gasteiger partial charge is 0.418 e. The summed E-state index contributed by atoms with van der Waals surface area (Å²) in [5, 5.41) is 0. The van der Waals surface area contributed by atoms with Crippen LogP contribution in [0.25, 0.3) is 0 Å². The van der Waals surface area contributed by atoms with Crippen molar-refractivity contribution in [1.82, 2.24) is 0 Å². The minimum Gasteiger partial charge on any atom is -0.418 e. The first kappa shape index (κ1) is 6.55. The van der Waals surface area contributed by atoms with E-state index in [1.165, 1.54) is 12.1 Å². The van der Waals surface area contributed by atoms with Gasteiger partial charge in [0.1, 0.15) is 11.6 Å². The average Bonchev–Trinajstić information content (AvgIpc) is 1.88. The third-order valence-electron chi connectivity index (χ3n) is 0.885. The standard InChI is InChI=1S/C6H4BrFO/c7-9-6-3-1-2-5(8)4-6/h1-4H. The number of hydrogen-bond acceptors (Lipinski definition) is 1. The normalized spacial score (nSPS) is 9.11. The molecule has 0 amide bonds. The predicted octanol–water partition coefficient (Wildman–Crippen LogP) is 2.51. The van der Waals surface area contributed by atoms with E-state index in [-0.39, 0.29) is 5.82 Å². The van der Waals surface area contributed by atoms with Crippen molar-refractivity contribution in [3.8, 4) is 5.75 Å². The highest BCUT2D eigenvalue weighted by molar-refractivity contribution is 9.06. The lowest BCUT2D eigenvalue weighted by Crippen LogP contribution is -1.74. The Bertz CT molecular complexity index is 202. The molecule has 0 bridgehead atoms. The smallest absolute Gasteiger partial charge is 0.179 e. The summed E-state index contributed by atoms with van der Waals surface area (Å²) in [6, 6.07) is 5.87. The van der Waals surface area contributed by atoms with Crippen LogP contribution in [0.1, 0.15) is 0 Å². The molecule has 0 N–H and O–H groups in total. The SMILES string of the molecule is Fc1cccc(OBr)c1. The first-order valence-corrected chi connectivity index (χ1v) is 3.02. The molecule has 0 heterocycles. The summed E-state index contributed by atoms with van der Waals surface area (Å²) in [5.41, 5.74) is 0. The van der Waals surface area contributed by atoms with Crippen LogP contribution in [0.5, 0.6) is 5.75 Å². The van der Waals surface area contributed by atoms with Gasteiger partial charge < -0.3 is 3.83 Å². The maximum absolute atomic E-state index is 12.3. The predicted molar refractivity (Wildman–Crippen MR) is 36.0 cm³/mol. The van der Waals surface area contributed by atoms with Crippen LogP contribution in [0, 0.1) is 5.82 Å². The molecule has 0 saturated carbocycles. The third kappa shape index (κ3) is 1.68. The van der Waals surface area contributed by atoms with Gasteiger partial charge in [0.2, 0.25) is 0 Å². The zero-order chi connectivity index (χ0) is 6.69. The fraction of sp³-hybridized carbons (Fsp3) is 0. The van der Waals surface area contributed by atoms with Crippen LogP contribution >= 0.6 is 16.3 Å². The molecule has 0 spiro atoms. The summed E-state index contributed by atoms with van der Waals surface area (Å²) in [5.74, 6) is 0.168. The number of halogens is 2. The van der Waals surface area contributed by atoms with Crippen molar-refractivity contribution in [2.45, 2.75) is 0 Å². The van der Waals surface area contributed by atoms with E-state index < -0.39 is 0 Å². The molecule has 9 heavy (non-hydrogen) atoms. The van der Waals surface area contributed by atoms with E-state index in [1.54, 1.807) is 12.1 Å². The first-order valence-electron chi connectivity index (χ1n) is 2.37. The van der Waals surface area contributed by atoms with Gasteiger partial charge >= 0.3 is 0 Å². The summed E-state index contributed by atoms with van der Waals surface area (Å²) in [4.78, 5) is 0. The lowest BCUT2D eigenvalue weighted by Gasteiger charge is -1.92. The van der Waals surface area contributed by atoms with E-state index in [4.69, 9.17) is 0 Å². The second kappa shape index (κ2) is 2.82. The molecule has 1 nitrogen and oxygen atoms in total. The molecule has 1 aromatic rings. The zero-order valence-electron chi connectivity index (χ0n) is 4.47. The van der Waals surface area contributed by atoms with Gasteiger partial charge in [-0.05, 0) is 12.1 Å². The quantitative estimate of drug-likeness (QED) is 0.662. The molecule has 0 aliphatic heterocycles. The van der Waals surface area contributed by atoms with Crippen molar-refractivity contribution in [3.05, 3.63) is 30.1 Å². The van der Waals surface area contributed by atoms with Gasteiger partial charge in [-0.1, -0.05) is 6.07 Å². The number of benzene rings is 1. The molecule has 1 rings (SSSR count).